The first kappa shape index (κ1) is 14.7. The first-order chi connectivity index (χ1) is 10.2. The molecule has 1 heterocycles. The van der Waals surface area contributed by atoms with Crippen molar-refractivity contribution in [3.63, 3.8) is 0 Å². The summed E-state index contributed by atoms with van der Waals surface area (Å²) in [4.78, 5) is 0. The molecule has 3 rings (SSSR count). The molecule has 21 heavy (non-hydrogen) atoms. The van der Waals surface area contributed by atoms with Crippen molar-refractivity contribution in [2.24, 2.45) is 13.0 Å². The molecule has 1 saturated carbocycles. The van der Waals surface area contributed by atoms with E-state index in [4.69, 9.17) is 4.74 Å². The van der Waals surface area contributed by atoms with Gasteiger partial charge in [-0.3, -0.25) is 0 Å². The van der Waals surface area contributed by atoms with Gasteiger partial charge in [-0.05, 0) is 36.5 Å². The molecular weight excluding hydrogens is 337 g/mol. The molecule has 0 aliphatic heterocycles. The normalized spacial score (nSPS) is 22.8. The highest BCUT2D eigenvalue weighted by molar-refractivity contribution is 9.10. The maximum atomic E-state index is 12.3. The van der Waals surface area contributed by atoms with Gasteiger partial charge in [0.25, 0.3) is 0 Å². The Bertz CT molecular complexity index is 612. The molecule has 0 N–H and O–H groups in total. The van der Waals surface area contributed by atoms with Crippen LogP contribution in [0.2, 0.25) is 0 Å². The van der Waals surface area contributed by atoms with Gasteiger partial charge in [-0.1, -0.05) is 28.1 Å². The van der Waals surface area contributed by atoms with Crippen LogP contribution < -0.4 is 0 Å². The number of benzene rings is 1. The minimum atomic E-state index is -0.705. The number of halogens is 2. The minimum absolute atomic E-state index is 0.0304. The van der Waals surface area contributed by atoms with Crippen LogP contribution in [0.3, 0.4) is 0 Å². The van der Waals surface area contributed by atoms with Gasteiger partial charge in [-0.2, -0.15) is 0 Å². The van der Waals surface area contributed by atoms with E-state index in [1.807, 2.05) is 23.7 Å². The second-order valence-electron chi connectivity index (χ2n) is 5.46. The molecule has 2 aromatic rings. The number of ether oxygens (including phenoxy) is 1. The van der Waals surface area contributed by atoms with Crippen molar-refractivity contribution in [1.29, 1.82) is 0 Å². The highest BCUT2D eigenvalue weighted by Crippen LogP contribution is 2.44. The molecule has 0 radical (unpaired) electrons. The monoisotopic (exact) mass is 353 g/mol. The maximum Gasteiger partial charge on any atom is 0.188 e. The summed E-state index contributed by atoms with van der Waals surface area (Å²) in [5.74, 6) is 1.50. The van der Waals surface area contributed by atoms with Crippen LogP contribution in [0.5, 0.6) is 0 Å². The maximum absolute atomic E-state index is 12.3. The Balaban J connectivity index is 1.88. The first-order valence-corrected chi connectivity index (χ1v) is 7.75. The van der Waals surface area contributed by atoms with E-state index in [2.05, 4.69) is 38.3 Å². The van der Waals surface area contributed by atoms with Gasteiger partial charge in [0.2, 0.25) is 0 Å². The summed E-state index contributed by atoms with van der Waals surface area (Å²) in [5.41, 5.74) is 1.20. The molecule has 0 spiro atoms. The summed E-state index contributed by atoms with van der Waals surface area (Å²) in [6, 6.07) is 8.25. The number of hydrogen-bond acceptors (Lipinski definition) is 3. The Kier molecular flexibility index (Phi) is 4.35. The Labute approximate surface area is 131 Å². The van der Waals surface area contributed by atoms with E-state index in [1.54, 1.807) is 6.33 Å². The fourth-order valence-corrected chi connectivity index (χ4v) is 3.43. The summed E-state index contributed by atoms with van der Waals surface area (Å²) in [5, 5.41) is 8.28. The minimum Gasteiger partial charge on any atom is -0.347 e. The zero-order chi connectivity index (χ0) is 14.8. The molecule has 4 nitrogen and oxygen atoms in total. The topological polar surface area (TPSA) is 39.9 Å². The van der Waals surface area contributed by atoms with Gasteiger partial charge in [-0.25, -0.2) is 4.39 Å². The van der Waals surface area contributed by atoms with Crippen molar-refractivity contribution in [3.05, 3.63) is 46.5 Å². The largest absolute Gasteiger partial charge is 0.347 e. The molecular formula is C15H17BrFN3O. The number of hydrogen-bond donors (Lipinski definition) is 0. The Morgan fingerprint density at radius 2 is 2.29 bits per heavy atom. The SMILES string of the molecule is Cn1cnnc1C(c1cccc(Br)c1)C1CC(OCF)C1. The van der Waals surface area contributed by atoms with E-state index in [1.165, 1.54) is 5.56 Å². The van der Waals surface area contributed by atoms with Crippen LogP contribution in [0.15, 0.2) is 35.1 Å². The fraction of sp³-hybridized carbons (Fsp3) is 0.467. The second kappa shape index (κ2) is 6.23. The van der Waals surface area contributed by atoms with Crippen LogP contribution in [0, 0.1) is 5.92 Å². The number of rotatable bonds is 5. The molecule has 1 aromatic carbocycles. The zero-order valence-corrected chi connectivity index (χ0v) is 13.3. The Morgan fingerprint density at radius 3 is 2.90 bits per heavy atom. The molecule has 6 heteroatoms. The summed E-state index contributed by atoms with van der Waals surface area (Å²) >= 11 is 3.52. The lowest BCUT2D eigenvalue weighted by Crippen LogP contribution is -2.36. The molecule has 1 unspecified atom stereocenters. The fourth-order valence-electron chi connectivity index (χ4n) is 3.01. The van der Waals surface area contributed by atoms with Gasteiger partial charge in [0.05, 0.1) is 6.10 Å². The number of nitrogens with zero attached hydrogens (tertiary/aromatic N) is 3. The lowest BCUT2D eigenvalue weighted by molar-refractivity contribution is -0.0710. The third kappa shape index (κ3) is 3.01. The number of aromatic nitrogens is 3. The lowest BCUT2D eigenvalue weighted by Gasteiger charge is -2.39. The van der Waals surface area contributed by atoms with Gasteiger partial charge in [0.1, 0.15) is 12.2 Å². The van der Waals surface area contributed by atoms with E-state index in [0.29, 0.717) is 5.92 Å². The van der Waals surface area contributed by atoms with Crippen molar-refractivity contribution in [2.45, 2.75) is 24.9 Å². The third-order valence-electron chi connectivity index (χ3n) is 4.13. The molecule has 0 amide bonds. The Morgan fingerprint density at radius 1 is 1.48 bits per heavy atom. The van der Waals surface area contributed by atoms with Gasteiger partial charge in [0, 0.05) is 17.4 Å². The average Bonchev–Trinajstić information content (AvgIpc) is 2.83. The average molecular weight is 354 g/mol. The smallest absolute Gasteiger partial charge is 0.188 e. The van der Waals surface area contributed by atoms with Crippen LogP contribution in [0.1, 0.15) is 30.1 Å². The summed E-state index contributed by atoms with van der Waals surface area (Å²) < 4.78 is 20.3. The van der Waals surface area contributed by atoms with Crippen molar-refractivity contribution < 1.29 is 9.13 Å². The lowest BCUT2D eigenvalue weighted by atomic mass is 9.71. The molecule has 1 aliphatic rings. The van der Waals surface area contributed by atoms with Crippen LogP contribution in [0.4, 0.5) is 4.39 Å². The van der Waals surface area contributed by atoms with Gasteiger partial charge in [0.15, 0.2) is 6.86 Å². The van der Waals surface area contributed by atoms with Crippen LogP contribution >= 0.6 is 15.9 Å². The highest BCUT2D eigenvalue weighted by atomic mass is 79.9. The van der Waals surface area contributed by atoms with Crippen LogP contribution in [-0.4, -0.2) is 27.7 Å². The first-order valence-electron chi connectivity index (χ1n) is 6.96. The Hall–Kier alpha value is -1.27. The molecule has 0 saturated heterocycles. The zero-order valence-electron chi connectivity index (χ0n) is 11.7. The summed E-state index contributed by atoms with van der Waals surface area (Å²) in [6.45, 7) is -0.705. The predicted octanol–water partition coefficient (Wildman–Crippen LogP) is 3.43. The van der Waals surface area contributed by atoms with E-state index < -0.39 is 6.86 Å². The van der Waals surface area contributed by atoms with E-state index in [9.17, 15) is 4.39 Å². The third-order valence-corrected chi connectivity index (χ3v) is 4.63. The predicted molar refractivity (Wildman–Crippen MR) is 80.6 cm³/mol. The second-order valence-corrected chi connectivity index (χ2v) is 6.38. The molecule has 112 valence electrons. The standard InChI is InChI=1S/C15H17BrFN3O/c1-20-9-18-19-15(20)14(10-3-2-4-12(16)5-10)11-6-13(7-11)21-8-17/h2-5,9,11,13-14H,6-8H2,1H3. The van der Waals surface area contributed by atoms with Crippen LogP contribution in [0.25, 0.3) is 0 Å². The molecule has 1 aliphatic carbocycles. The van der Waals surface area contributed by atoms with Gasteiger partial charge in [-0.15, -0.1) is 10.2 Å². The van der Waals surface area contributed by atoms with E-state index >= 15 is 0 Å². The molecule has 0 bridgehead atoms. The van der Waals surface area contributed by atoms with E-state index in [0.717, 1.165) is 23.1 Å². The van der Waals surface area contributed by atoms with Gasteiger partial charge < -0.3 is 9.30 Å². The van der Waals surface area contributed by atoms with Crippen molar-refractivity contribution in [1.82, 2.24) is 14.8 Å². The number of aryl methyl sites for hydroxylation is 1. The van der Waals surface area contributed by atoms with Crippen molar-refractivity contribution >= 4 is 15.9 Å². The van der Waals surface area contributed by atoms with Gasteiger partial charge >= 0.3 is 0 Å². The van der Waals surface area contributed by atoms with Crippen molar-refractivity contribution in [2.75, 3.05) is 6.86 Å². The summed E-state index contributed by atoms with van der Waals surface area (Å²) in [6.07, 6.45) is 3.46. The molecule has 1 fully saturated rings. The summed E-state index contributed by atoms with van der Waals surface area (Å²) in [7, 11) is 1.95. The van der Waals surface area contributed by atoms with Crippen molar-refractivity contribution in [3.8, 4) is 0 Å². The molecule has 1 aromatic heterocycles. The van der Waals surface area contributed by atoms with E-state index in [-0.39, 0.29) is 12.0 Å². The molecule has 1 atom stereocenters. The van der Waals surface area contributed by atoms with Crippen LogP contribution in [-0.2, 0) is 11.8 Å². The highest BCUT2D eigenvalue weighted by Gasteiger charge is 2.39. The number of alkyl halides is 1. The quantitative estimate of drug-likeness (QED) is 0.826.